The highest BCUT2D eigenvalue weighted by atomic mass is 32.1. The lowest BCUT2D eigenvalue weighted by Gasteiger charge is -2.36. The standard InChI is InChI=1S/C19H26BN3O3S/c1-18(2)19(3,4)26-20(25-18)12-7-8-15-13(9-12)21-17(27-15)14-10-22(5)11-16(24)23(14)6/h7-9,14H,10-11H2,1-6H3. The summed E-state index contributed by atoms with van der Waals surface area (Å²) in [6.07, 6.45) is 0. The van der Waals surface area contributed by atoms with Gasteiger partial charge in [0.15, 0.2) is 0 Å². The number of amides is 1. The molecule has 1 atom stereocenters. The monoisotopic (exact) mass is 387 g/mol. The second kappa shape index (κ2) is 6.27. The molecule has 0 aliphatic carbocycles. The lowest BCUT2D eigenvalue weighted by atomic mass is 9.79. The highest BCUT2D eigenvalue weighted by Crippen LogP contribution is 2.37. The summed E-state index contributed by atoms with van der Waals surface area (Å²) in [7, 11) is 3.44. The maximum Gasteiger partial charge on any atom is 0.494 e. The maximum absolute atomic E-state index is 12.2. The van der Waals surface area contributed by atoms with Crippen molar-refractivity contribution >= 4 is 40.0 Å². The van der Waals surface area contributed by atoms with Gasteiger partial charge in [0, 0.05) is 13.6 Å². The second-order valence-corrected chi connectivity index (χ2v) is 9.65. The molecule has 2 aliphatic heterocycles. The number of rotatable bonds is 2. The fourth-order valence-electron chi connectivity index (χ4n) is 3.47. The number of hydrogen-bond donors (Lipinski definition) is 0. The minimum absolute atomic E-state index is 0.00560. The minimum atomic E-state index is -0.394. The van der Waals surface area contributed by atoms with E-state index in [2.05, 4.69) is 38.7 Å². The Morgan fingerprint density at radius 2 is 1.85 bits per heavy atom. The zero-order valence-electron chi connectivity index (χ0n) is 16.8. The normalized spacial score (nSPS) is 25.6. The topological polar surface area (TPSA) is 54.9 Å². The molecular formula is C19H26BN3O3S. The van der Waals surface area contributed by atoms with Crippen molar-refractivity contribution in [3.63, 3.8) is 0 Å². The number of piperazine rings is 1. The van der Waals surface area contributed by atoms with Gasteiger partial charge in [-0.2, -0.15) is 0 Å². The highest BCUT2D eigenvalue weighted by Gasteiger charge is 2.51. The summed E-state index contributed by atoms with van der Waals surface area (Å²) in [5.41, 5.74) is 1.17. The first kappa shape index (κ1) is 18.9. The van der Waals surface area contributed by atoms with Crippen LogP contribution in [0.5, 0.6) is 0 Å². The van der Waals surface area contributed by atoms with Crippen molar-refractivity contribution in [1.82, 2.24) is 14.8 Å². The van der Waals surface area contributed by atoms with E-state index in [0.717, 1.165) is 27.2 Å². The molecule has 1 aromatic carbocycles. The van der Waals surface area contributed by atoms with Gasteiger partial charge in [-0.15, -0.1) is 11.3 Å². The Morgan fingerprint density at radius 3 is 2.52 bits per heavy atom. The molecule has 1 amide bonds. The van der Waals surface area contributed by atoms with Crippen LogP contribution in [0.4, 0.5) is 0 Å². The van der Waals surface area contributed by atoms with Gasteiger partial charge < -0.3 is 14.2 Å². The first-order chi connectivity index (χ1) is 12.6. The fourth-order valence-corrected chi connectivity index (χ4v) is 4.56. The van der Waals surface area contributed by atoms with E-state index in [1.165, 1.54) is 0 Å². The molecule has 2 aromatic rings. The lowest BCUT2D eigenvalue weighted by molar-refractivity contribution is -0.137. The van der Waals surface area contributed by atoms with E-state index in [1.54, 1.807) is 11.3 Å². The van der Waals surface area contributed by atoms with Crippen molar-refractivity contribution in [3.8, 4) is 0 Å². The van der Waals surface area contributed by atoms with Gasteiger partial charge in [0.05, 0.1) is 34.0 Å². The van der Waals surface area contributed by atoms with Crippen LogP contribution in [0.3, 0.4) is 0 Å². The van der Waals surface area contributed by atoms with Crippen LogP contribution >= 0.6 is 11.3 Å². The average Bonchev–Trinajstić information content (AvgIpc) is 3.08. The molecule has 27 heavy (non-hydrogen) atoms. The molecule has 3 heterocycles. The molecule has 2 saturated heterocycles. The Bertz CT molecular complexity index is 881. The van der Waals surface area contributed by atoms with Gasteiger partial charge in [-0.25, -0.2) is 4.98 Å². The molecule has 0 saturated carbocycles. The number of thiazole rings is 1. The van der Waals surface area contributed by atoms with Gasteiger partial charge in [-0.05, 0) is 52.3 Å². The molecule has 8 heteroatoms. The highest BCUT2D eigenvalue weighted by molar-refractivity contribution is 7.18. The van der Waals surface area contributed by atoms with Gasteiger partial charge in [-0.1, -0.05) is 6.07 Å². The Hall–Kier alpha value is -1.48. The third-order valence-corrected chi connectivity index (χ3v) is 7.13. The molecule has 4 rings (SSSR count). The predicted octanol–water partition coefficient (Wildman–Crippen LogP) is 2.04. The minimum Gasteiger partial charge on any atom is -0.399 e. The number of carbonyl (C=O) groups is 1. The van der Waals surface area contributed by atoms with Gasteiger partial charge in [0.25, 0.3) is 0 Å². The summed E-state index contributed by atoms with van der Waals surface area (Å²) in [6, 6.07) is 6.17. The molecule has 2 aliphatic rings. The number of benzene rings is 1. The third-order valence-electron chi connectivity index (χ3n) is 5.99. The van der Waals surface area contributed by atoms with E-state index in [4.69, 9.17) is 14.3 Å². The molecule has 0 N–H and O–H groups in total. The Balaban J connectivity index is 1.64. The van der Waals surface area contributed by atoms with Crippen molar-refractivity contribution in [2.45, 2.75) is 44.9 Å². The molecule has 0 bridgehead atoms. The second-order valence-electron chi connectivity index (χ2n) is 8.58. The van der Waals surface area contributed by atoms with Crippen molar-refractivity contribution in [2.24, 2.45) is 0 Å². The number of likely N-dealkylation sites (N-methyl/N-ethyl adjacent to an activating group) is 2. The molecular weight excluding hydrogens is 361 g/mol. The molecule has 1 unspecified atom stereocenters. The van der Waals surface area contributed by atoms with E-state index in [1.807, 2.05) is 31.1 Å². The lowest BCUT2D eigenvalue weighted by Crippen LogP contribution is -2.48. The zero-order chi connectivity index (χ0) is 19.6. The maximum atomic E-state index is 12.2. The SMILES string of the molecule is CN1CC(=O)N(C)C(c2nc3cc(B4OC(C)(C)C(C)(C)O4)ccc3s2)C1. The van der Waals surface area contributed by atoms with Crippen LogP contribution in [-0.4, -0.2) is 66.2 Å². The fraction of sp³-hybridized carbons (Fsp3) is 0.579. The van der Waals surface area contributed by atoms with E-state index >= 15 is 0 Å². The van der Waals surface area contributed by atoms with Gasteiger partial charge >= 0.3 is 7.12 Å². The smallest absolute Gasteiger partial charge is 0.399 e. The van der Waals surface area contributed by atoms with Crippen LogP contribution < -0.4 is 5.46 Å². The van der Waals surface area contributed by atoms with E-state index in [0.29, 0.717) is 6.54 Å². The summed E-state index contributed by atoms with van der Waals surface area (Å²) in [5.74, 6) is 0.130. The van der Waals surface area contributed by atoms with E-state index in [9.17, 15) is 4.79 Å². The molecule has 0 spiro atoms. The van der Waals surface area contributed by atoms with Crippen molar-refractivity contribution in [3.05, 3.63) is 23.2 Å². The molecule has 6 nitrogen and oxygen atoms in total. The average molecular weight is 387 g/mol. The summed E-state index contributed by atoms with van der Waals surface area (Å²) < 4.78 is 13.4. The number of fused-ring (bicyclic) bond motifs is 1. The van der Waals surface area contributed by atoms with Crippen LogP contribution in [0, 0.1) is 0 Å². The van der Waals surface area contributed by atoms with Gasteiger partial charge in [-0.3, -0.25) is 9.69 Å². The third kappa shape index (κ3) is 3.18. The van der Waals surface area contributed by atoms with E-state index in [-0.39, 0.29) is 23.2 Å². The Kier molecular flexibility index (Phi) is 4.38. The number of carbonyl (C=O) groups excluding carboxylic acids is 1. The zero-order valence-corrected chi connectivity index (χ0v) is 17.6. The largest absolute Gasteiger partial charge is 0.494 e. The number of nitrogens with zero attached hydrogens (tertiary/aromatic N) is 3. The van der Waals surface area contributed by atoms with Gasteiger partial charge in [0.2, 0.25) is 5.91 Å². The number of aromatic nitrogens is 1. The predicted molar refractivity (Wildman–Crippen MR) is 108 cm³/mol. The summed E-state index contributed by atoms with van der Waals surface area (Å²) >= 11 is 1.65. The summed E-state index contributed by atoms with van der Waals surface area (Å²) in [5, 5.41) is 0.971. The molecule has 144 valence electrons. The Labute approximate surface area is 164 Å². The van der Waals surface area contributed by atoms with Crippen LogP contribution in [-0.2, 0) is 14.1 Å². The first-order valence-electron chi connectivity index (χ1n) is 9.28. The van der Waals surface area contributed by atoms with E-state index < -0.39 is 7.12 Å². The summed E-state index contributed by atoms with van der Waals surface area (Å²) in [6.45, 7) is 9.48. The quantitative estimate of drug-likeness (QED) is 0.739. The molecule has 0 radical (unpaired) electrons. The van der Waals surface area contributed by atoms with Crippen molar-refractivity contribution in [2.75, 3.05) is 27.2 Å². The first-order valence-corrected chi connectivity index (χ1v) is 10.1. The van der Waals surface area contributed by atoms with Gasteiger partial charge in [0.1, 0.15) is 5.01 Å². The molecule has 2 fully saturated rings. The van der Waals surface area contributed by atoms with Crippen LogP contribution in [0.1, 0.15) is 38.7 Å². The summed E-state index contributed by atoms with van der Waals surface area (Å²) in [4.78, 5) is 20.9. The Morgan fingerprint density at radius 1 is 1.19 bits per heavy atom. The van der Waals surface area contributed by atoms with Crippen molar-refractivity contribution < 1.29 is 14.1 Å². The van der Waals surface area contributed by atoms with Crippen LogP contribution in [0.15, 0.2) is 18.2 Å². The molecule has 1 aromatic heterocycles. The van der Waals surface area contributed by atoms with Crippen molar-refractivity contribution in [1.29, 1.82) is 0 Å². The van der Waals surface area contributed by atoms with Crippen LogP contribution in [0.25, 0.3) is 10.2 Å². The number of hydrogen-bond acceptors (Lipinski definition) is 6. The van der Waals surface area contributed by atoms with Crippen LogP contribution in [0.2, 0.25) is 0 Å².